The fourth-order valence-electron chi connectivity index (χ4n) is 4.35. The number of nitrogen functional groups attached to an aromatic ring is 1. The molecule has 1 aromatic heterocycles. The summed E-state index contributed by atoms with van der Waals surface area (Å²) in [5.74, 6) is -3.55. The van der Waals surface area contributed by atoms with Crippen molar-refractivity contribution in [2.45, 2.75) is 25.4 Å². The van der Waals surface area contributed by atoms with Crippen molar-refractivity contribution in [1.29, 1.82) is 5.41 Å². The Morgan fingerprint density at radius 1 is 1.06 bits per heavy atom. The SMILES string of the molecule is CCOc1cc(C(Nc2ccc(C(=N)N)cc2)c2nn(-c3ccccc3OC)c(=O)[nH]2)ccc1OC(OC(=O)C(F)(F)F)C(=O)N(C)C. The van der Waals surface area contributed by atoms with Gasteiger partial charge in [0.1, 0.15) is 23.3 Å². The van der Waals surface area contributed by atoms with E-state index in [1.165, 1.54) is 39.4 Å². The van der Waals surface area contributed by atoms with Crippen LogP contribution in [0.1, 0.15) is 29.9 Å². The first-order valence-corrected chi connectivity index (χ1v) is 14.2. The number of aromatic nitrogens is 3. The summed E-state index contributed by atoms with van der Waals surface area (Å²) < 4.78 is 61.1. The Kier molecular flexibility index (Phi) is 10.6. The summed E-state index contributed by atoms with van der Waals surface area (Å²) in [4.78, 5) is 41.0. The maximum Gasteiger partial charge on any atom is 0.491 e. The van der Waals surface area contributed by atoms with Crippen molar-refractivity contribution in [2.24, 2.45) is 5.73 Å². The Bertz CT molecular complexity index is 1840. The van der Waals surface area contributed by atoms with Crippen LogP contribution in [-0.2, 0) is 14.3 Å². The standard InChI is InChI=1S/C31H32F3N7O7/c1-5-46-23-16-18(12-15-22(23)47-28(27(42)40(2)3)48-29(43)31(32,33)34)24(37-19-13-10-17(11-14-19)25(35)36)26-38-30(44)41(39-26)20-8-6-7-9-21(20)45-4/h6-16,24,28,37H,5H2,1-4H3,(H3,35,36)(H,38,39,44). The summed E-state index contributed by atoms with van der Waals surface area (Å²) >= 11 is 0. The van der Waals surface area contributed by atoms with Gasteiger partial charge in [0.25, 0.3) is 0 Å². The van der Waals surface area contributed by atoms with Crippen LogP contribution in [0.5, 0.6) is 17.2 Å². The molecule has 0 spiro atoms. The van der Waals surface area contributed by atoms with Gasteiger partial charge in [-0.3, -0.25) is 15.2 Å². The van der Waals surface area contributed by atoms with Crippen molar-refractivity contribution >= 4 is 23.4 Å². The molecule has 0 aliphatic rings. The molecule has 0 saturated carbocycles. The maximum atomic E-state index is 13.2. The van der Waals surface area contributed by atoms with Crippen molar-refractivity contribution in [3.05, 3.63) is 94.2 Å². The second kappa shape index (κ2) is 14.6. The van der Waals surface area contributed by atoms with Crippen LogP contribution in [0.4, 0.5) is 18.9 Å². The van der Waals surface area contributed by atoms with E-state index in [1.807, 2.05) is 0 Å². The van der Waals surface area contributed by atoms with Crippen molar-refractivity contribution < 1.29 is 41.7 Å². The highest BCUT2D eigenvalue weighted by Crippen LogP contribution is 2.35. The average Bonchev–Trinajstić information content (AvgIpc) is 3.44. The third-order valence-corrected chi connectivity index (χ3v) is 6.65. The summed E-state index contributed by atoms with van der Waals surface area (Å²) in [6.45, 7) is 1.71. The summed E-state index contributed by atoms with van der Waals surface area (Å²) in [5, 5.41) is 15.5. The van der Waals surface area contributed by atoms with Crippen molar-refractivity contribution in [2.75, 3.05) is 33.1 Å². The van der Waals surface area contributed by atoms with E-state index in [9.17, 15) is 27.6 Å². The van der Waals surface area contributed by atoms with E-state index >= 15 is 0 Å². The van der Waals surface area contributed by atoms with Crippen LogP contribution in [0.25, 0.3) is 5.69 Å². The zero-order chi connectivity index (χ0) is 35.2. The van der Waals surface area contributed by atoms with E-state index in [0.29, 0.717) is 28.3 Å². The van der Waals surface area contributed by atoms with E-state index in [1.54, 1.807) is 55.5 Å². The highest BCUT2D eigenvalue weighted by atomic mass is 19.4. The molecule has 2 unspecified atom stereocenters. The topological polar surface area (TPSA) is 187 Å². The van der Waals surface area contributed by atoms with Gasteiger partial charge >= 0.3 is 30.0 Å². The van der Waals surface area contributed by atoms with Gasteiger partial charge in [0.2, 0.25) is 0 Å². The van der Waals surface area contributed by atoms with Crippen molar-refractivity contribution in [3.8, 4) is 22.9 Å². The molecule has 1 heterocycles. The number of nitrogens with two attached hydrogens (primary N) is 1. The van der Waals surface area contributed by atoms with Gasteiger partial charge in [-0.05, 0) is 61.0 Å². The lowest BCUT2D eigenvalue weighted by molar-refractivity contribution is -0.217. The number of aromatic amines is 1. The summed E-state index contributed by atoms with van der Waals surface area (Å²) in [5.41, 5.74) is 6.79. The molecule has 2 atom stereocenters. The number of rotatable bonds is 13. The third-order valence-electron chi connectivity index (χ3n) is 6.65. The Morgan fingerprint density at radius 2 is 1.75 bits per heavy atom. The molecular weight excluding hydrogens is 639 g/mol. The Labute approximate surface area is 271 Å². The molecular formula is C31H32F3N7O7. The highest BCUT2D eigenvalue weighted by molar-refractivity contribution is 5.95. The number of H-pyrrole nitrogens is 1. The Hall–Kier alpha value is -6.00. The van der Waals surface area contributed by atoms with Crippen LogP contribution in [0.2, 0.25) is 0 Å². The lowest BCUT2D eigenvalue weighted by Crippen LogP contribution is -2.43. The molecule has 0 radical (unpaired) electrons. The number of halogens is 3. The first kappa shape index (κ1) is 34.9. The number of anilines is 1. The molecule has 17 heteroatoms. The largest absolute Gasteiger partial charge is 0.494 e. The number of benzene rings is 3. The van der Waals surface area contributed by atoms with Gasteiger partial charge in [-0.2, -0.15) is 17.9 Å². The van der Waals surface area contributed by atoms with Crippen LogP contribution in [0.15, 0.2) is 71.5 Å². The normalized spacial score (nSPS) is 12.4. The number of carbonyl (C=O) groups excluding carboxylic acids is 2. The molecule has 4 rings (SSSR count). The number of alkyl halides is 3. The number of para-hydroxylation sites is 2. The number of nitrogens with one attached hydrogen (secondary N) is 3. The molecule has 0 bridgehead atoms. The fourth-order valence-corrected chi connectivity index (χ4v) is 4.35. The van der Waals surface area contributed by atoms with E-state index in [4.69, 9.17) is 25.4 Å². The number of carbonyl (C=O) groups is 2. The second-order valence-electron chi connectivity index (χ2n) is 10.2. The molecule has 0 aliphatic carbocycles. The Balaban J connectivity index is 1.80. The second-order valence-corrected chi connectivity index (χ2v) is 10.2. The quantitative estimate of drug-likeness (QED) is 0.0711. The lowest BCUT2D eigenvalue weighted by atomic mass is 10.0. The molecule has 0 fully saturated rings. The van der Waals surface area contributed by atoms with Gasteiger partial charge in [-0.1, -0.05) is 18.2 Å². The molecule has 3 aromatic carbocycles. The molecule has 5 N–H and O–H groups in total. The monoisotopic (exact) mass is 671 g/mol. The zero-order valence-corrected chi connectivity index (χ0v) is 26.1. The van der Waals surface area contributed by atoms with E-state index in [2.05, 4.69) is 20.1 Å². The average molecular weight is 672 g/mol. The first-order valence-electron chi connectivity index (χ1n) is 14.2. The van der Waals surface area contributed by atoms with Gasteiger partial charge in [0.15, 0.2) is 17.3 Å². The van der Waals surface area contributed by atoms with Crippen LogP contribution in [0, 0.1) is 5.41 Å². The van der Waals surface area contributed by atoms with Crippen LogP contribution >= 0.6 is 0 Å². The fraction of sp³-hybridized carbons (Fsp3) is 0.258. The van der Waals surface area contributed by atoms with E-state index in [0.717, 1.165) is 9.58 Å². The predicted molar refractivity (Wildman–Crippen MR) is 167 cm³/mol. The highest BCUT2D eigenvalue weighted by Gasteiger charge is 2.44. The summed E-state index contributed by atoms with van der Waals surface area (Å²) in [6.07, 6.45) is -7.67. The number of amides is 1. The van der Waals surface area contributed by atoms with Gasteiger partial charge in [0, 0.05) is 25.3 Å². The van der Waals surface area contributed by atoms with E-state index in [-0.39, 0.29) is 29.8 Å². The number of likely N-dealkylation sites (N-methyl/N-ethyl adjacent to an activating group) is 1. The molecule has 0 saturated heterocycles. The van der Waals surface area contributed by atoms with Crippen molar-refractivity contribution in [3.63, 3.8) is 0 Å². The van der Waals surface area contributed by atoms with Crippen LogP contribution < -0.4 is 31.0 Å². The number of hydrogen-bond acceptors (Lipinski definition) is 10. The number of esters is 1. The lowest BCUT2D eigenvalue weighted by Gasteiger charge is -2.24. The molecule has 14 nitrogen and oxygen atoms in total. The maximum absolute atomic E-state index is 13.2. The number of hydrogen-bond donors (Lipinski definition) is 4. The summed E-state index contributed by atoms with van der Waals surface area (Å²) in [6, 6.07) is 16.7. The van der Waals surface area contributed by atoms with Crippen LogP contribution in [-0.4, -0.2) is 77.7 Å². The molecule has 4 aromatic rings. The molecule has 48 heavy (non-hydrogen) atoms. The minimum absolute atomic E-state index is 0.0279. The zero-order valence-electron chi connectivity index (χ0n) is 26.1. The summed E-state index contributed by atoms with van der Waals surface area (Å²) in [7, 11) is 3.94. The number of methoxy groups -OCH3 is 1. The Morgan fingerprint density at radius 3 is 2.35 bits per heavy atom. The van der Waals surface area contributed by atoms with E-state index < -0.39 is 36.1 Å². The molecule has 1 amide bonds. The van der Waals surface area contributed by atoms with Gasteiger partial charge in [-0.15, -0.1) is 5.10 Å². The number of nitrogens with zero attached hydrogens (tertiary/aromatic N) is 3. The predicted octanol–water partition coefficient (Wildman–Crippen LogP) is 3.35. The minimum Gasteiger partial charge on any atom is -0.494 e. The van der Waals surface area contributed by atoms with Crippen LogP contribution in [0.3, 0.4) is 0 Å². The van der Waals surface area contributed by atoms with Gasteiger partial charge < -0.3 is 34.9 Å². The number of ether oxygens (including phenoxy) is 4. The van der Waals surface area contributed by atoms with Gasteiger partial charge in [0.05, 0.1) is 13.7 Å². The molecule has 254 valence electrons. The smallest absolute Gasteiger partial charge is 0.491 e. The van der Waals surface area contributed by atoms with Crippen molar-refractivity contribution in [1.82, 2.24) is 19.7 Å². The van der Waals surface area contributed by atoms with Gasteiger partial charge in [-0.25, -0.2) is 9.59 Å². The molecule has 0 aliphatic heterocycles. The third kappa shape index (κ3) is 8.04. The minimum atomic E-state index is -5.38. The number of amidine groups is 1. The first-order chi connectivity index (χ1) is 22.7.